The second-order valence-corrected chi connectivity index (χ2v) is 11.1. The summed E-state index contributed by atoms with van der Waals surface area (Å²) in [7, 11) is -3.66. The second-order valence-electron chi connectivity index (χ2n) is 9.97. The molecule has 2 N–H and O–H groups in total. The van der Waals surface area contributed by atoms with Gasteiger partial charge in [0.2, 0.25) is 5.88 Å². The number of hydrogen-bond donors (Lipinski definition) is 2. The number of halogens is 3. The van der Waals surface area contributed by atoms with Gasteiger partial charge in [-0.25, -0.2) is 27.7 Å². The van der Waals surface area contributed by atoms with Crippen LogP contribution in [0.3, 0.4) is 0 Å². The molecule has 0 unspecified atom stereocenters. The molecule has 4 heterocycles. The zero-order valence-corrected chi connectivity index (χ0v) is 23.3. The molecule has 0 bridgehead atoms. The van der Waals surface area contributed by atoms with Gasteiger partial charge in [0.05, 0.1) is 19.1 Å². The number of fused-ring (bicyclic) bond motifs is 1. The molecule has 0 radical (unpaired) electrons. The van der Waals surface area contributed by atoms with Crippen LogP contribution in [0.15, 0.2) is 36.8 Å². The van der Waals surface area contributed by atoms with Crippen molar-refractivity contribution in [2.75, 3.05) is 7.11 Å². The average Bonchev–Trinajstić information content (AvgIpc) is 3.52. The maximum atomic E-state index is 14.1. The van der Waals surface area contributed by atoms with Crippen LogP contribution in [0, 0.1) is 24.4 Å². The van der Waals surface area contributed by atoms with Crippen LogP contribution >= 0.6 is 7.82 Å². The number of rotatable bonds is 8. The van der Waals surface area contributed by atoms with Crippen molar-refractivity contribution in [3.05, 3.63) is 65.8 Å². The molecule has 0 saturated heterocycles. The van der Waals surface area contributed by atoms with E-state index in [1.165, 1.54) is 21.0 Å². The third kappa shape index (κ3) is 5.21. The summed E-state index contributed by atoms with van der Waals surface area (Å²) >= 11 is 0. The fraction of sp³-hybridized carbons (Fsp3) is 0.360. The molecule has 0 spiro atoms. The van der Waals surface area contributed by atoms with Gasteiger partial charge in [0.1, 0.15) is 22.7 Å². The third-order valence-electron chi connectivity index (χ3n) is 6.84. The number of phosphoric acid groups is 1. The number of aromatic nitrogens is 6. The van der Waals surface area contributed by atoms with Gasteiger partial charge in [-0.1, -0.05) is 0 Å². The highest BCUT2D eigenvalue weighted by atomic mass is 31.2. The normalized spacial score (nSPS) is 17.4. The fourth-order valence-electron chi connectivity index (χ4n) is 5.01. The second kappa shape index (κ2) is 10.2. The first-order valence-electron chi connectivity index (χ1n) is 12.3. The molecule has 0 saturated carbocycles. The highest BCUT2D eigenvalue weighted by Crippen LogP contribution is 2.52. The molecule has 4 aromatic rings. The van der Waals surface area contributed by atoms with Gasteiger partial charge < -0.3 is 28.4 Å². The van der Waals surface area contributed by atoms with Gasteiger partial charge in [0, 0.05) is 24.9 Å². The molecular formula is C25H26F3N6O6P. The predicted molar refractivity (Wildman–Crippen MR) is 137 cm³/mol. The Morgan fingerprint density at radius 2 is 1.83 bits per heavy atom. The number of ether oxygens (including phenoxy) is 2. The van der Waals surface area contributed by atoms with Crippen molar-refractivity contribution >= 4 is 7.82 Å². The fourth-order valence-corrected chi connectivity index (χ4v) is 5.75. The summed E-state index contributed by atoms with van der Waals surface area (Å²) in [6.45, 7) is 4.87. The number of phosphoric ester groups is 1. The van der Waals surface area contributed by atoms with Crippen LogP contribution in [0.4, 0.5) is 13.2 Å². The Hall–Kier alpha value is -3.78. The van der Waals surface area contributed by atoms with Crippen LogP contribution in [-0.4, -0.2) is 51.8 Å². The summed E-state index contributed by atoms with van der Waals surface area (Å²) in [6.07, 6.45) is 3.81. The van der Waals surface area contributed by atoms with Crippen molar-refractivity contribution in [1.29, 1.82) is 0 Å². The summed E-state index contributed by atoms with van der Waals surface area (Å²) in [6, 6.07) is 4.70. The molecule has 1 aliphatic rings. The Labute approximate surface area is 232 Å². The standard InChI is InChI=1S/C25H26F3N6O6P/c1-14-12-33(13-29-14)19-7-6-18(30-22(19)38-4)21-31-32-23-25(8-5-9-34(21)23,24(2,3)40-41(35,36)37)39-15-10-16(26)20(28)17(27)11-15/h6-7,10-13H,5,8-9H2,1-4H3,(H2,35,36,37)/t25-/m1/s1. The van der Waals surface area contributed by atoms with E-state index in [0.29, 0.717) is 36.5 Å². The van der Waals surface area contributed by atoms with Gasteiger partial charge in [-0.3, -0.25) is 4.52 Å². The van der Waals surface area contributed by atoms with Crippen molar-refractivity contribution in [2.45, 2.75) is 51.4 Å². The average molecular weight is 594 g/mol. The smallest absolute Gasteiger partial charge is 0.470 e. The van der Waals surface area contributed by atoms with E-state index in [0.717, 1.165) is 5.69 Å². The molecule has 218 valence electrons. The van der Waals surface area contributed by atoms with E-state index in [1.807, 2.05) is 6.92 Å². The van der Waals surface area contributed by atoms with Gasteiger partial charge in [0.15, 0.2) is 34.7 Å². The number of benzene rings is 1. The van der Waals surface area contributed by atoms with Crippen molar-refractivity contribution < 1.29 is 41.5 Å². The molecule has 5 rings (SSSR count). The first-order valence-corrected chi connectivity index (χ1v) is 13.9. The van der Waals surface area contributed by atoms with E-state index < -0.39 is 42.2 Å². The lowest BCUT2D eigenvalue weighted by molar-refractivity contribution is -0.131. The molecular weight excluding hydrogens is 568 g/mol. The van der Waals surface area contributed by atoms with Gasteiger partial charge in [0.25, 0.3) is 0 Å². The Bertz CT molecular complexity index is 1650. The van der Waals surface area contributed by atoms with E-state index in [-0.39, 0.29) is 23.9 Å². The number of nitrogens with zero attached hydrogens (tertiary/aromatic N) is 6. The van der Waals surface area contributed by atoms with Gasteiger partial charge in [-0.2, -0.15) is 0 Å². The summed E-state index contributed by atoms with van der Waals surface area (Å²) in [5.74, 6) is -4.57. The van der Waals surface area contributed by atoms with Gasteiger partial charge in [-0.15, -0.1) is 10.2 Å². The molecule has 1 aliphatic heterocycles. The molecule has 1 atom stereocenters. The van der Waals surface area contributed by atoms with Crippen molar-refractivity contribution in [2.24, 2.45) is 0 Å². The van der Waals surface area contributed by atoms with Crippen LogP contribution in [-0.2, 0) is 21.2 Å². The molecule has 1 aromatic carbocycles. The number of pyridine rings is 1. The van der Waals surface area contributed by atoms with E-state index in [1.54, 1.807) is 33.8 Å². The minimum Gasteiger partial charge on any atom is -0.479 e. The van der Waals surface area contributed by atoms with E-state index >= 15 is 0 Å². The highest BCUT2D eigenvalue weighted by Gasteiger charge is 2.57. The molecule has 3 aromatic heterocycles. The molecule has 16 heteroatoms. The largest absolute Gasteiger partial charge is 0.479 e. The Morgan fingerprint density at radius 1 is 1.12 bits per heavy atom. The summed E-state index contributed by atoms with van der Waals surface area (Å²) in [4.78, 5) is 28.2. The summed E-state index contributed by atoms with van der Waals surface area (Å²) in [5.41, 5.74) is -1.93. The maximum Gasteiger partial charge on any atom is 0.470 e. The third-order valence-corrected chi connectivity index (χ3v) is 7.54. The first kappa shape index (κ1) is 28.7. The molecule has 41 heavy (non-hydrogen) atoms. The lowest BCUT2D eigenvalue weighted by atomic mass is 9.79. The van der Waals surface area contributed by atoms with Crippen molar-refractivity contribution in [1.82, 2.24) is 29.3 Å². The number of methoxy groups -OCH3 is 1. The van der Waals surface area contributed by atoms with E-state index in [9.17, 15) is 27.5 Å². The summed E-state index contributed by atoms with van der Waals surface area (Å²) in [5, 5.41) is 8.56. The van der Waals surface area contributed by atoms with Crippen LogP contribution in [0.5, 0.6) is 11.6 Å². The number of hydrogen-bond acceptors (Lipinski definition) is 8. The molecule has 0 fully saturated rings. The van der Waals surface area contributed by atoms with Crippen LogP contribution in [0.2, 0.25) is 0 Å². The minimum atomic E-state index is -5.12. The van der Waals surface area contributed by atoms with Crippen LogP contribution in [0.25, 0.3) is 17.2 Å². The van der Waals surface area contributed by atoms with Gasteiger partial charge in [-0.05, 0) is 45.7 Å². The minimum absolute atomic E-state index is 0.0500. The molecule has 0 amide bonds. The molecule has 0 aliphatic carbocycles. The Kier molecular flexibility index (Phi) is 7.18. The van der Waals surface area contributed by atoms with E-state index in [4.69, 9.17) is 14.0 Å². The van der Waals surface area contributed by atoms with Gasteiger partial charge >= 0.3 is 7.82 Å². The lowest BCUT2D eigenvalue weighted by Gasteiger charge is -2.46. The maximum absolute atomic E-state index is 14.1. The Balaban J connectivity index is 1.65. The van der Waals surface area contributed by atoms with E-state index in [2.05, 4.69) is 20.2 Å². The van der Waals surface area contributed by atoms with Crippen molar-refractivity contribution in [3.8, 4) is 28.8 Å². The Morgan fingerprint density at radius 3 is 2.44 bits per heavy atom. The van der Waals surface area contributed by atoms with Crippen LogP contribution in [0.1, 0.15) is 38.2 Å². The zero-order chi connectivity index (χ0) is 29.7. The lowest BCUT2D eigenvalue weighted by Crippen LogP contribution is -2.56. The first-order chi connectivity index (χ1) is 19.2. The molecule has 12 nitrogen and oxygen atoms in total. The topological polar surface area (TPSA) is 147 Å². The van der Waals surface area contributed by atoms with Crippen molar-refractivity contribution in [3.63, 3.8) is 0 Å². The summed E-state index contributed by atoms with van der Waals surface area (Å²) < 4.78 is 74.0. The number of aryl methyl sites for hydroxylation is 1. The SMILES string of the molecule is COc1nc(-c2nnc3n2CCC[C@]3(Oc2cc(F)c(F)c(F)c2)C(C)(C)OP(=O)(O)O)ccc1-n1cnc(C)c1. The number of imidazole rings is 1. The quantitative estimate of drug-likeness (QED) is 0.225. The highest BCUT2D eigenvalue weighted by molar-refractivity contribution is 7.46. The monoisotopic (exact) mass is 594 g/mol. The predicted octanol–water partition coefficient (Wildman–Crippen LogP) is 4.22. The zero-order valence-electron chi connectivity index (χ0n) is 22.4. The van der Waals surface area contributed by atoms with Crippen LogP contribution < -0.4 is 9.47 Å².